The second-order valence-corrected chi connectivity index (χ2v) is 9.65. The maximum atomic E-state index is 13.9. The number of primary amides is 1. The fourth-order valence-corrected chi connectivity index (χ4v) is 5.14. The Hall–Kier alpha value is -3.58. The van der Waals surface area contributed by atoms with E-state index >= 15 is 0 Å². The van der Waals surface area contributed by atoms with Crippen LogP contribution in [0.15, 0.2) is 72.8 Å². The third-order valence-electron chi connectivity index (χ3n) is 6.93. The van der Waals surface area contributed by atoms with Crippen LogP contribution in [-0.4, -0.2) is 51.4 Å². The summed E-state index contributed by atoms with van der Waals surface area (Å²) in [5.74, 6) is -0.0304. The van der Waals surface area contributed by atoms with Gasteiger partial charge in [0.2, 0.25) is 5.82 Å². The lowest BCUT2D eigenvalue weighted by Crippen LogP contribution is -2.37. The molecule has 1 saturated heterocycles. The third-order valence-corrected chi connectivity index (χ3v) is 6.93. The van der Waals surface area contributed by atoms with E-state index in [1.165, 1.54) is 16.7 Å². The van der Waals surface area contributed by atoms with Crippen LogP contribution in [0.3, 0.4) is 0 Å². The maximum absolute atomic E-state index is 13.9. The van der Waals surface area contributed by atoms with Gasteiger partial charge in [-0.3, -0.25) is 9.69 Å². The van der Waals surface area contributed by atoms with Crippen molar-refractivity contribution < 1.29 is 9.18 Å². The number of amides is 1. The Balaban J connectivity index is 1.38. The molecule has 7 heteroatoms. The highest BCUT2D eigenvalue weighted by atomic mass is 19.1. The molecule has 3 aromatic rings. The lowest BCUT2D eigenvalue weighted by Gasteiger charge is -2.36. The minimum Gasteiger partial charge on any atom is -0.363 e. The second kappa shape index (κ2) is 9.58. The summed E-state index contributed by atoms with van der Waals surface area (Å²) in [7, 11) is 0. The number of hydrogen-bond donors (Lipinski definition) is 1. The monoisotopic (exact) mass is 471 g/mol. The normalized spacial score (nSPS) is 22.3. The van der Waals surface area contributed by atoms with Crippen LogP contribution in [0.1, 0.15) is 40.4 Å². The Morgan fingerprint density at radius 3 is 2.54 bits per heavy atom. The second-order valence-electron chi connectivity index (χ2n) is 9.65. The first-order chi connectivity index (χ1) is 16.9. The molecule has 0 bridgehead atoms. The standard InChI is InChI=1S/C28H30FN5O/c1-20-31-27(26(30)35)32-34(20)25-9-7-21(8-10-25)17-28(19-33-16-13-24(29)18-33)14-11-23(12-15-28)22-5-3-2-4-6-22/h2-12,14,24H,13,15-19H2,1H3,(H2,30,35)/t24?,28-/m0/s1. The molecule has 2 atom stereocenters. The number of nitrogens with two attached hydrogens (primary N) is 1. The molecule has 1 amide bonds. The predicted octanol–water partition coefficient (Wildman–Crippen LogP) is 4.29. The molecular formula is C28H30FN5O. The van der Waals surface area contributed by atoms with Crippen molar-refractivity contribution in [3.8, 4) is 5.69 Å². The van der Waals surface area contributed by atoms with Gasteiger partial charge >= 0.3 is 0 Å². The number of allylic oxidation sites excluding steroid dienone is 3. The van der Waals surface area contributed by atoms with Crippen molar-refractivity contribution >= 4 is 11.5 Å². The molecule has 1 fully saturated rings. The van der Waals surface area contributed by atoms with E-state index in [0.29, 0.717) is 18.8 Å². The van der Waals surface area contributed by atoms with Crippen molar-refractivity contribution in [2.45, 2.75) is 32.4 Å². The molecule has 180 valence electrons. The Morgan fingerprint density at radius 1 is 1.17 bits per heavy atom. The summed E-state index contributed by atoms with van der Waals surface area (Å²) in [6, 6.07) is 18.6. The van der Waals surface area contributed by atoms with Gasteiger partial charge in [-0.05, 0) is 55.0 Å². The lowest BCUT2D eigenvalue weighted by molar-refractivity contribution is 0.0990. The number of alkyl halides is 1. The van der Waals surface area contributed by atoms with Gasteiger partial charge < -0.3 is 5.73 Å². The molecular weight excluding hydrogens is 441 g/mol. The van der Waals surface area contributed by atoms with Crippen LogP contribution in [-0.2, 0) is 6.42 Å². The molecule has 1 aliphatic heterocycles. The van der Waals surface area contributed by atoms with Crippen LogP contribution < -0.4 is 5.73 Å². The molecule has 2 N–H and O–H groups in total. The zero-order chi connectivity index (χ0) is 24.4. The molecule has 1 aliphatic carbocycles. The fraction of sp³-hybridized carbons (Fsp3) is 0.321. The number of aromatic nitrogens is 3. The van der Waals surface area contributed by atoms with Crippen LogP contribution in [0.5, 0.6) is 0 Å². The van der Waals surface area contributed by atoms with Gasteiger partial charge in [-0.15, -0.1) is 5.10 Å². The van der Waals surface area contributed by atoms with Crippen molar-refractivity contribution in [2.24, 2.45) is 11.1 Å². The van der Waals surface area contributed by atoms with E-state index in [2.05, 4.69) is 69.6 Å². The highest BCUT2D eigenvalue weighted by Crippen LogP contribution is 2.38. The average Bonchev–Trinajstić information content (AvgIpc) is 3.45. The van der Waals surface area contributed by atoms with E-state index in [1.807, 2.05) is 18.2 Å². The van der Waals surface area contributed by atoms with Crippen LogP contribution >= 0.6 is 0 Å². The Morgan fingerprint density at radius 2 is 1.94 bits per heavy atom. The maximum Gasteiger partial charge on any atom is 0.288 e. The first-order valence-electron chi connectivity index (χ1n) is 12.0. The number of carbonyl (C=O) groups is 1. The molecule has 6 nitrogen and oxygen atoms in total. The predicted molar refractivity (Wildman–Crippen MR) is 135 cm³/mol. The molecule has 5 rings (SSSR count). The number of nitrogens with zero attached hydrogens (tertiary/aromatic N) is 4. The highest BCUT2D eigenvalue weighted by Gasteiger charge is 2.34. The van der Waals surface area contributed by atoms with Gasteiger partial charge in [0.25, 0.3) is 5.91 Å². The Bertz CT molecular complexity index is 1260. The summed E-state index contributed by atoms with van der Waals surface area (Å²) < 4.78 is 15.6. The van der Waals surface area contributed by atoms with Gasteiger partial charge in [0.15, 0.2) is 0 Å². The smallest absolute Gasteiger partial charge is 0.288 e. The van der Waals surface area contributed by atoms with Crippen LogP contribution in [0, 0.1) is 12.3 Å². The molecule has 1 unspecified atom stereocenters. The lowest BCUT2D eigenvalue weighted by atomic mass is 9.74. The number of aryl methyl sites for hydroxylation is 1. The van der Waals surface area contributed by atoms with E-state index in [1.54, 1.807) is 11.6 Å². The van der Waals surface area contributed by atoms with Crippen molar-refractivity contribution in [2.75, 3.05) is 19.6 Å². The van der Waals surface area contributed by atoms with Crippen molar-refractivity contribution in [3.63, 3.8) is 0 Å². The Labute approximate surface area is 205 Å². The van der Waals surface area contributed by atoms with Gasteiger partial charge in [-0.1, -0.05) is 60.7 Å². The van der Waals surface area contributed by atoms with Crippen molar-refractivity contribution in [3.05, 3.63) is 95.6 Å². The molecule has 0 spiro atoms. The Kier molecular flexibility index (Phi) is 6.34. The molecule has 2 aliphatic rings. The highest BCUT2D eigenvalue weighted by molar-refractivity contribution is 5.88. The van der Waals surface area contributed by atoms with Crippen molar-refractivity contribution in [1.29, 1.82) is 0 Å². The number of hydrogen-bond acceptors (Lipinski definition) is 4. The van der Waals surface area contributed by atoms with Gasteiger partial charge in [0, 0.05) is 25.0 Å². The molecule has 0 saturated carbocycles. The number of halogens is 1. The fourth-order valence-electron chi connectivity index (χ4n) is 5.14. The van der Waals surface area contributed by atoms with E-state index < -0.39 is 12.1 Å². The first-order valence-corrected chi connectivity index (χ1v) is 12.0. The third kappa shape index (κ3) is 5.10. The minimum absolute atomic E-state index is 0.00987. The summed E-state index contributed by atoms with van der Waals surface area (Å²) in [6.07, 6.45) is 8.49. The van der Waals surface area contributed by atoms with E-state index in [4.69, 9.17) is 5.73 Å². The number of rotatable bonds is 7. The van der Waals surface area contributed by atoms with E-state index in [0.717, 1.165) is 31.6 Å². The summed E-state index contributed by atoms with van der Waals surface area (Å²) in [6.45, 7) is 3.94. The van der Waals surface area contributed by atoms with Crippen LogP contribution in [0.2, 0.25) is 0 Å². The van der Waals surface area contributed by atoms with Gasteiger partial charge in [0.05, 0.1) is 5.69 Å². The topological polar surface area (TPSA) is 77.0 Å². The zero-order valence-electron chi connectivity index (χ0n) is 19.9. The van der Waals surface area contributed by atoms with E-state index in [-0.39, 0.29) is 11.2 Å². The zero-order valence-corrected chi connectivity index (χ0v) is 19.9. The molecule has 1 aromatic heterocycles. The number of likely N-dealkylation sites (tertiary alicyclic amines) is 1. The summed E-state index contributed by atoms with van der Waals surface area (Å²) in [4.78, 5) is 17.8. The molecule has 35 heavy (non-hydrogen) atoms. The molecule has 2 heterocycles. The number of carbonyl (C=O) groups excluding carboxylic acids is 1. The quantitative estimate of drug-likeness (QED) is 0.558. The summed E-state index contributed by atoms with van der Waals surface area (Å²) in [5.41, 5.74) is 9.68. The summed E-state index contributed by atoms with van der Waals surface area (Å²) >= 11 is 0. The van der Waals surface area contributed by atoms with Crippen LogP contribution in [0.25, 0.3) is 11.3 Å². The minimum atomic E-state index is -0.731. The average molecular weight is 472 g/mol. The van der Waals surface area contributed by atoms with Gasteiger partial charge in [-0.2, -0.15) is 0 Å². The van der Waals surface area contributed by atoms with Gasteiger partial charge in [0.1, 0.15) is 12.0 Å². The first kappa shape index (κ1) is 23.2. The summed E-state index contributed by atoms with van der Waals surface area (Å²) in [5, 5.41) is 4.22. The van der Waals surface area contributed by atoms with E-state index in [9.17, 15) is 9.18 Å². The number of benzene rings is 2. The van der Waals surface area contributed by atoms with Crippen LogP contribution in [0.4, 0.5) is 4.39 Å². The molecule has 2 aromatic carbocycles. The largest absolute Gasteiger partial charge is 0.363 e. The SMILES string of the molecule is Cc1nc(C(N)=O)nn1-c1ccc(C[C@]2(CN3CCC(F)C3)C=CC(c3ccccc3)=CC2)cc1. The molecule has 0 radical (unpaired) electrons. The van der Waals surface area contributed by atoms with Crippen molar-refractivity contribution in [1.82, 2.24) is 19.7 Å². The van der Waals surface area contributed by atoms with Gasteiger partial charge in [-0.25, -0.2) is 14.1 Å².